The van der Waals surface area contributed by atoms with E-state index in [0.717, 1.165) is 11.7 Å². The Kier molecular flexibility index (Phi) is 2.87. The highest BCUT2D eigenvalue weighted by Gasteiger charge is 2.52. The Bertz CT molecular complexity index is 412. The molecule has 0 radical (unpaired) electrons. The van der Waals surface area contributed by atoms with Gasteiger partial charge in [0.1, 0.15) is 6.29 Å². The third kappa shape index (κ3) is 2.15. The minimum atomic E-state index is -0.416. The third-order valence-corrected chi connectivity index (χ3v) is 3.44. The van der Waals surface area contributed by atoms with Gasteiger partial charge in [0, 0.05) is 17.9 Å². The summed E-state index contributed by atoms with van der Waals surface area (Å²) >= 11 is 0. The Morgan fingerprint density at radius 2 is 1.94 bits per heavy atom. The zero-order valence-corrected chi connectivity index (χ0v) is 10.6. The fourth-order valence-electron chi connectivity index (χ4n) is 1.66. The van der Waals surface area contributed by atoms with E-state index in [9.17, 15) is 4.79 Å². The average molecular weight is 236 g/mol. The Labute approximate surface area is 101 Å². The van der Waals surface area contributed by atoms with E-state index >= 15 is 0 Å². The minimum Gasteiger partial charge on any atom is -0.399 e. The van der Waals surface area contributed by atoms with Gasteiger partial charge in [-0.15, -0.1) is 0 Å². The molecule has 0 bridgehead atoms. The molecule has 1 saturated heterocycles. The second kappa shape index (κ2) is 3.96. The van der Waals surface area contributed by atoms with Gasteiger partial charge in [-0.3, -0.25) is 4.68 Å². The molecule has 1 fully saturated rings. The molecular weight excluding hydrogens is 219 g/mol. The molecule has 0 unspecified atom stereocenters. The van der Waals surface area contributed by atoms with Gasteiger partial charge < -0.3 is 14.1 Å². The average Bonchev–Trinajstić information content (AvgIpc) is 2.71. The molecule has 1 aliphatic rings. The zero-order valence-electron chi connectivity index (χ0n) is 10.6. The first-order chi connectivity index (χ1) is 7.86. The van der Waals surface area contributed by atoms with Crippen molar-refractivity contribution in [2.45, 2.75) is 45.4 Å². The minimum absolute atomic E-state index is 0.250. The molecule has 0 aliphatic carbocycles. The van der Waals surface area contributed by atoms with Crippen LogP contribution in [0.1, 0.15) is 27.7 Å². The number of nitrogens with zero attached hydrogens (tertiary/aromatic N) is 2. The topological polar surface area (TPSA) is 53.4 Å². The van der Waals surface area contributed by atoms with Crippen LogP contribution < -0.4 is 5.46 Å². The molecule has 6 heteroatoms. The van der Waals surface area contributed by atoms with E-state index in [4.69, 9.17) is 9.31 Å². The van der Waals surface area contributed by atoms with Gasteiger partial charge in [0.25, 0.3) is 0 Å². The molecule has 1 aromatic heterocycles. The van der Waals surface area contributed by atoms with Crippen LogP contribution in [-0.2, 0) is 20.6 Å². The quantitative estimate of drug-likeness (QED) is 0.562. The molecule has 2 heterocycles. The summed E-state index contributed by atoms with van der Waals surface area (Å²) in [6.07, 6.45) is 4.25. The van der Waals surface area contributed by atoms with Crippen LogP contribution in [0, 0.1) is 0 Å². The number of hydrogen-bond acceptors (Lipinski definition) is 4. The molecule has 0 atom stereocenters. The standard InChI is InChI=1S/C11H17BN2O3/c1-10(2)11(3,4)17-12(16-10)9-7-13-14(8-9)5-6-15/h6-8H,5H2,1-4H3. The number of aldehydes is 1. The maximum atomic E-state index is 10.4. The van der Waals surface area contributed by atoms with Crippen molar-refractivity contribution in [1.82, 2.24) is 9.78 Å². The zero-order chi connectivity index (χ0) is 12.7. The monoisotopic (exact) mass is 236 g/mol. The van der Waals surface area contributed by atoms with Crippen molar-refractivity contribution in [1.29, 1.82) is 0 Å². The summed E-state index contributed by atoms with van der Waals surface area (Å²) in [5.41, 5.74) is 0.125. The predicted octanol–water partition coefficient (Wildman–Crippen LogP) is 0.381. The lowest BCUT2D eigenvalue weighted by Crippen LogP contribution is -2.41. The molecular formula is C11H17BN2O3. The highest BCUT2D eigenvalue weighted by Crippen LogP contribution is 2.36. The van der Waals surface area contributed by atoms with E-state index in [-0.39, 0.29) is 17.7 Å². The Morgan fingerprint density at radius 1 is 1.35 bits per heavy atom. The molecule has 0 aromatic carbocycles. The van der Waals surface area contributed by atoms with Crippen LogP contribution in [0.25, 0.3) is 0 Å². The van der Waals surface area contributed by atoms with Gasteiger partial charge in [-0.2, -0.15) is 5.10 Å². The maximum absolute atomic E-state index is 10.4. The van der Waals surface area contributed by atoms with E-state index in [1.54, 1.807) is 17.1 Å². The van der Waals surface area contributed by atoms with E-state index in [2.05, 4.69) is 5.10 Å². The third-order valence-electron chi connectivity index (χ3n) is 3.44. The fraction of sp³-hybridized carbons (Fsp3) is 0.636. The Morgan fingerprint density at radius 3 is 2.47 bits per heavy atom. The number of rotatable bonds is 3. The first kappa shape index (κ1) is 12.3. The number of carbonyl (C=O) groups excluding carboxylic acids is 1. The van der Waals surface area contributed by atoms with Crippen molar-refractivity contribution >= 4 is 18.9 Å². The lowest BCUT2D eigenvalue weighted by molar-refractivity contribution is -0.108. The summed E-state index contributed by atoms with van der Waals surface area (Å²) < 4.78 is 13.3. The summed E-state index contributed by atoms with van der Waals surface area (Å²) in [6.45, 7) is 8.26. The van der Waals surface area contributed by atoms with Crippen molar-refractivity contribution in [2.24, 2.45) is 0 Å². The van der Waals surface area contributed by atoms with E-state index in [1.807, 2.05) is 27.7 Å². The number of hydrogen-bond donors (Lipinski definition) is 0. The molecule has 0 amide bonds. The molecule has 0 saturated carbocycles. The van der Waals surface area contributed by atoms with Gasteiger partial charge in [-0.25, -0.2) is 0 Å². The van der Waals surface area contributed by atoms with Crippen molar-refractivity contribution in [2.75, 3.05) is 0 Å². The molecule has 0 N–H and O–H groups in total. The second-order valence-electron chi connectivity index (χ2n) is 5.25. The highest BCUT2D eigenvalue weighted by molar-refractivity contribution is 6.61. The first-order valence-corrected chi connectivity index (χ1v) is 5.67. The van der Waals surface area contributed by atoms with Gasteiger partial charge >= 0.3 is 7.12 Å². The SMILES string of the molecule is CC1(C)OB(c2cnn(CC=O)c2)OC1(C)C. The summed E-state index contributed by atoms with van der Waals surface area (Å²) in [7, 11) is -0.416. The molecule has 17 heavy (non-hydrogen) atoms. The van der Waals surface area contributed by atoms with Crippen LogP contribution in [0.3, 0.4) is 0 Å². The lowest BCUT2D eigenvalue weighted by Gasteiger charge is -2.32. The first-order valence-electron chi connectivity index (χ1n) is 5.67. The Balaban J connectivity index is 2.17. The van der Waals surface area contributed by atoms with Gasteiger partial charge in [0.2, 0.25) is 0 Å². The van der Waals surface area contributed by atoms with E-state index in [0.29, 0.717) is 0 Å². The van der Waals surface area contributed by atoms with Crippen molar-refractivity contribution in [3.8, 4) is 0 Å². The van der Waals surface area contributed by atoms with Crippen LogP contribution in [-0.4, -0.2) is 34.4 Å². The molecule has 0 spiro atoms. The number of aromatic nitrogens is 2. The molecule has 1 aromatic rings. The van der Waals surface area contributed by atoms with Gasteiger partial charge in [0.05, 0.1) is 17.7 Å². The van der Waals surface area contributed by atoms with Crippen LogP contribution in [0.5, 0.6) is 0 Å². The van der Waals surface area contributed by atoms with Crippen molar-refractivity contribution in [3.63, 3.8) is 0 Å². The van der Waals surface area contributed by atoms with E-state index < -0.39 is 7.12 Å². The van der Waals surface area contributed by atoms with Crippen molar-refractivity contribution < 1.29 is 14.1 Å². The normalized spacial score (nSPS) is 21.8. The van der Waals surface area contributed by atoms with Crippen LogP contribution in [0.2, 0.25) is 0 Å². The summed E-state index contributed by atoms with van der Waals surface area (Å²) in [5.74, 6) is 0. The van der Waals surface area contributed by atoms with Gasteiger partial charge in [-0.1, -0.05) is 0 Å². The van der Waals surface area contributed by atoms with Gasteiger partial charge in [0.15, 0.2) is 0 Å². The van der Waals surface area contributed by atoms with Crippen molar-refractivity contribution in [3.05, 3.63) is 12.4 Å². The van der Waals surface area contributed by atoms with Gasteiger partial charge in [-0.05, 0) is 27.7 Å². The number of carbonyl (C=O) groups is 1. The Hall–Kier alpha value is -1.14. The summed E-state index contributed by atoms with van der Waals surface area (Å²) in [6, 6.07) is 0. The summed E-state index contributed by atoms with van der Waals surface area (Å²) in [5, 5.41) is 4.07. The van der Waals surface area contributed by atoms with Crippen LogP contribution in [0.4, 0.5) is 0 Å². The fourth-order valence-corrected chi connectivity index (χ4v) is 1.66. The van der Waals surface area contributed by atoms with Crippen LogP contribution in [0.15, 0.2) is 12.4 Å². The highest BCUT2D eigenvalue weighted by atomic mass is 16.7. The molecule has 5 nitrogen and oxygen atoms in total. The molecule has 92 valence electrons. The van der Waals surface area contributed by atoms with E-state index in [1.165, 1.54) is 0 Å². The largest absolute Gasteiger partial charge is 0.498 e. The maximum Gasteiger partial charge on any atom is 0.498 e. The molecule has 1 aliphatic heterocycles. The summed E-state index contributed by atoms with van der Waals surface area (Å²) in [4.78, 5) is 10.4. The predicted molar refractivity (Wildman–Crippen MR) is 64.0 cm³/mol. The molecule has 2 rings (SSSR count). The smallest absolute Gasteiger partial charge is 0.399 e. The van der Waals surface area contributed by atoms with Crippen LogP contribution >= 0.6 is 0 Å². The lowest BCUT2D eigenvalue weighted by atomic mass is 9.82. The second-order valence-corrected chi connectivity index (χ2v) is 5.25.